The smallest absolute Gasteiger partial charge is 0.244 e. The highest BCUT2D eigenvalue weighted by Crippen LogP contribution is 2.37. The normalized spacial score (nSPS) is 17.4. The standard InChI is InChI=1S/C15H27N3O2S/c1-5-12(3)17(4)21(19,20)15-9-14(10-16-6-2)18(11-15)13-7-8-13/h9,11-13,16H,5-8,10H2,1-4H3. The van der Waals surface area contributed by atoms with Gasteiger partial charge in [0.15, 0.2) is 0 Å². The van der Waals surface area contributed by atoms with Crippen LogP contribution in [0.3, 0.4) is 0 Å². The Labute approximate surface area is 128 Å². The van der Waals surface area contributed by atoms with Gasteiger partial charge in [0.25, 0.3) is 0 Å². The minimum atomic E-state index is -3.40. The quantitative estimate of drug-likeness (QED) is 0.801. The molecule has 1 unspecified atom stereocenters. The van der Waals surface area contributed by atoms with Crippen LogP contribution in [0.25, 0.3) is 0 Å². The summed E-state index contributed by atoms with van der Waals surface area (Å²) in [6, 6.07) is 2.32. The Kier molecular flexibility index (Phi) is 5.11. The molecule has 1 aliphatic carbocycles. The summed E-state index contributed by atoms with van der Waals surface area (Å²) in [5.41, 5.74) is 1.07. The van der Waals surface area contributed by atoms with E-state index in [1.165, 1.54) is 4.31 Å². The molecule has 21 heavy (non-hydrogen) atoms. The largest absolute Gasteiger partial charge is 0.346 e. The summed E-state index contributed by atoms with van der Waals surface area (Å²) in [7, 11) is -1.73. The van der Waals surface area contributed by atoms with Crippen LogP contribution in [0.2, 0.25) is 0 Å². The van der Waals surface area contributed by atoms with Crippen molar-refractivity contribution in [3.8, 4) is 0 Å². The number of sulfonamides is 1. The van der Waals surface area contributed by atoms with Crippen LogP contribution in [0.4, 0.5) is 0 Å². The fraction of sp³-hybridized carbons (Fsp3) is 0.733. The molecule has 1 aromatic heterocycles. The number of hydrogen-bond donors (Lipinski definition) is 1. The second-order valence-electron chi connectivity index (χ2n) is 5.86. The fourth-order valence-corrected chi connectivity index (χ4v) is 3.87. The third-order valence-corrected chi connectivity index (χ3v) is 6.23. The summed E-state index contributed by atoms with van der Waals surface area (Å²) in [4.78, 5) is 0.421. The molecule has 1 saturated carbocycles. The summed E-state index contributed by atoms with van der Waals surface area (Å²) in [5, 5.41) is 3.29. The van der Waals surface area contributed by atoms with Crippen molar-refractivity contribution in [2.24, 2.45) is 0 Å². The number of hydrogen-bond acceptors (Lipinski definition) is 3. The molecule has 1 atom stereocenters. The highest BCUT2D eigenvalue weighted by atomic mass is 32.2. The second kappa shape index (κ2) is 6.50. The third kappa shape index (κ3) is 3.49. The van der Waals surface area contributed by atoms with Gasteiger partial charge in [0.05, 0.1) is 0 Å². The first kappa shape index (κ1) is 16.5. The molecule has 1 N–H and O–H groups in total. The van der Waals surface area contributed by atoms with Gasteiger partial charge in [0.2, 0.25) is 10.0 Å². The van der Waals surface area contributed by atoms with E-state index in [4.69, 9.17) is 0 Å². The lowest BCUT2D eigenvalue weighted by molar-refractivity contribution is 0.380. The Morgan fingerprint density at radius 3 is 2.62 bits per heavy atom. The highest BCUT2D eigenvalue weighted by Gasteiger charge is 2.30. The molecule has 1 aromatic rings. The molecule has 0 spiro atoms. The van der Waals surface area contributed by atoms with Crippen molar-refractivity contribution in [1.29, 1.82) is 0 Å². The zero-order valence-electron chi connectivity index (χ0n) is 13.5. The van der Waals surface area contributed by atoms with Crippen molar-refractivity contribution >= 4 is 10.0 Å². The van der Waals surface area contributed by atoms with Crippen molar-refractivity contribution in [3.63, 3.8) is 0 Å². The lowest BCUT2D eigenvalue weighted by Crippen LogP contribution is -2.34. The van der Waals surface area contributed by atoms with Gasteiger partial charge in [-0.15, -0.1) is 0 Å². The topological polar surface area (TPSA) is 54.3 Å². The zero-order valence-corrected chi connectivity index (χ0v) is 14.3. The Hall–Kier alpha value is -0.850. The molecule has 0 bridgehead atoms. The molecule has 0 aliphatic heterocycles. The first-order valence-corrected chi connectivity index (χ1v) is 9.25. The van der Waals surface area contributed by atoms with Crippen LogP contribution < -0.4 is 5.32 Å². The minimum Gasteiger partial charge on any atom is -0.346 e. The van der Waals surface area contributed by atoms with E-state index in [2.05, 4.69) is 16.8 Å². The van der Waals surface area contributed by atoms with Gasteiger partial charge in [0, 0.05) is 37.6 Å². The molecule has 2 rings (SSSR count). The van der Waals surface area contributed by atoms with E-state index in [0.717, 1.165) is 38.0 Å². The van der Waals surface area contributed by atoms with E-state index >= 15 is 0 Å². The maximum Gasteiger partial charge on any atom is 0.244 e. The average Bonchev–Trinajstić information content (AvgIpc) is 3.22. The van der Waals surface area contributed by atoms with Gasteiger partial charge in [-0.05, 0) is 38.8 Å². The van der Waals surface area contributed by atoms with Crippen LogP contribution >= 0.6 is 0 Å². The molecule has 0 radical (unpaired) electrons. The van der Waals surface area contributed by atoms with Crippen LogP contribution in [-0.4, -0.2) is 36.9 Å². The molecule has 120 valence electrons. The number of nitrogens with one attached hydrogen (secondary N) is 1. The summed E-state index contributed by atoms with van der Waals surface area (Å²) in [6.07, 6.45) is 4.92. The minimum absolute atomic E-state index is 0.0106. The van der Waals surface area contributed by atoms with E-state index in [0.29, 0.717) is 10.9 Å². The molecule has 1 heterocycles. The lowest BCUT2D eigenvalue weighted by Gasteiger charge is -2.22. The summed E-state index contributed by atoms with van der Waals surface area (Å²) < 4.78 is 29.0. The maximum absolute atomic E-state index is 12.7. The Morgan fingerprint density at radius 1 is 1.43 bits per heavy atom. The molecular formula is C15H27N3O2S. The Bertz CT molecular complexity index is 576. The van der Waals surface area contributed by atoms with Crippen molar-refractivity contribution in [1.82, 2.24) is 14.2 Å². The highest BCUT2D eigenvalue weighted by molar-refractivity contribution is 7.89. The van der Waals surface area contributed by atoms with Crippen molar-refractivity contribution in [2.75, 3.05) is 13.6 Å². The van der Waals surface area contributed by atoms with E-state index < -0.39 is 10.0 Å². The van der Waals surface area contributed by atoms with E-state index in [9.17, 15) is 8.42 Å². The summed E-state index contributed by atoms with van der Waals surface area (Å²) in [6.45, 7) is 7.59. The van der Waals surface area contributed by atoms with Crippen LogP contribution in [0, 0.1) is 0 Å². The summed E-state index contributed by atoms with van der Waals surface area (Å²) in [5.74, 6) is 0. The predicted molar refractivity (Wildman–Crippen MR) is 84.8 cm³/mol. The molecule has 5 nitrogen and oxygen atoms in total. The fourth-order valence-electron chi connectivity index (χ4n) is 2.39. The zero-order chi connectivity index (χ0) is 15.6. The monoisotopic (exact) mass is 313 g/mol. The SMILES string of the molecule is CCNCc1cc(S(=O)(=O)N(C)C(C)CC)cn1C1CC1. The van der Waals surface area contributed by atoms with Gasteiger partial charge in [-0.3, -0.25) is 0 Å². The van der Waals surface area contributed by atoms with Gasteiger partial charge < -0.3 is 9.88 Å². The van der Waals surface area contributed by atoms with Crippen molar-refractivity contribution in [2.45, 2.75) is 63.6 Å². The Morgan fingerprint density at radius 2 is 2.10 bits per heavy atom. The number of rotatable bonds is 8. The molecule has 0 aromatic carbocycles. The number of aromatic nitrogens is 1. The second-order valence-corrected chi connectivity index (χ2v) is 7.86. The van der Waals surface area contributed by atoms with Crippen molar-refractivity contribution in [3.05, 3.63) is 18.0 Å². The van der Waals surface area contributed by atoms with E-state index in [1.807, 2.05) is 26.1 Å². The van der Waals surface area contributed by atoms with Crippen LogP contribution in [0.15, 0.2) is 17.2 Å². The first-order valence-electron chi connectivity index (χ1n) is 7.81. The van der Waals surface area contributed by atoms with E-state index in [1.54, 1.807) is 7.05 Å². The average molecular weight is 313 g/mol. The Balaban J connectivity index is 2.30. The van der Waals surface area contributed by atoms with Crippen LogP contribution in [0.1, 0.15) is 51.8 Å². The van der Waals surface area contributed by atoms with Crippen LogP contribution in [-0.2, 0) is 16.6 Å². The molecule has 0 saturated heterocycles. The van der Waals surface area contributed by atoms with Crippen LogP contribution in [0.5, 0.6) is 0 Å². The first-order chi connectivity index (χ1) is 9.91. The molecule has 6 heteroatoms. The van der Waals surface area contributed by atoms with Gasteiger partial charge >= 0.3 is 0 Å². The van der Waals surface area contributed by atoms with Gasteiger partial charge in [-0.2, -0.15) is 4.31 Å². The maximum atomic E-state index is 12.7. The van der Waals surface area contributed by atoms with Gasteiger partial charge in [0.1, 0.15) is 4.90 Å². The number of nitrogens with zero attached hydrogens (tertiary/aromatic N) is 2. The molecule has 0 amide bonds. The van der Waals surface area contributed by atoms with Crippen molar-refractivity contribution < 1.29 is 8.42 Å². The van der Waals surface area contributed by atoms with Gasteiger partial charge in [-0.1, -0.05) is 13.8 Å². The molecular weight excluding hydrogens is 286 g/mol. The van der Waals surface area contributed by atoms with E-state index in [-0.39, 0.29) is 6.04 Å². The molecule has 1 aliphatic rings. The molecule has 1 fully saturated rings. The predicted octanol–water partition coefficient (Wildman–Crippen LogP) is 2.35. The lowest BCUT2D eigenvalue weighted by atomic mass is 10.3. The third-order valence-electron chi connectivity index (χ3n) is 4.29. The summed E-state index contributed by atoms with van der Waals surface area (Å²) >= 11 is 0. The van der Waals surface area contributed by atoms with Gasteiger partial charge in [-0.25, -0.2) is 8.42 Å².